The Labute approximate surface area is 98.8 Å². The summed E-state index contributed by atoms with van der Waals surface area (Å²) in [7, 11) is 0. The van der Waals surface area contributed by atoms with Crippen LogP contribution in [-0.4, -0.2) is 24.5 Å². The van der Waals surface area contributed by atoms with Gasteiger partial charge < -0.3 is 10.6 Å². The van der Waals surface area contributed by atoms with Crippen molar-refractivity contribution in [2.75, 3.05) is 16.8 Å². The van der Waals surface area contributed by atoms with Crippen molar-refractivity contribution in [1.82, 2.24) is 5.32 Å². The van der Waals surface area contributed by atoms with Crippen molar-refractivity contribution < 1.29 is 9.59 Å². The number of carbonyl (C=O) groups excluding carboxylic acids is 2. The van der Waals surface area contributed by atoms with Gasteiger partial charge in [-0.2, -0.15) is 0 Å². The molecule has 1 heterocycles. The number of carbonyl (C=O) groups is 2. The Morgan fingerprint density at radius 2 is 2.12 bits per heavy atom. The van der Waals surface area contributed by atoms with E-state index < -0.39 is 0 Å². The number of urea groups is 1. The molecule has 0 radical (unpaired) electrons. The van der Waals surface area contributed by atoms with Crippen molar-refractivity contribution >= 4 is 23.3 Å². The SMILES string of the molecule is O=C1CN(C(=O)NC2CC2)c2ccccc2N1. The summed E-state index contributed by atoms with van der Waals surface area (Å²) in [5.41, 5.74) is 1.44. The van der Waals surface area contributed by atoms with E-state index in [2.05, 4.69) is 10.6 Å². The highest BCUT2D eigenvalue weighted by Gasteiger charge is 2.30. The molecule has 5 nitrogen and oxygen atoms in total. The molecule has 3 rings (SSSR count). The van der Waals surface area contributed by atoms with E-state index >= 15 is 0 Å². The normalized spacial score (nSPS) is 18.4. The monoisotopic (exact) mass is 231 g/mol. The third kappa shape index (κ3) is 1.95. The number of anilines is 2. The molecule has 0 unspecified atom stereocenters. The Kier molecular flexibility index (Phi) is 2.24. The third-order valence-corrected chi connectivity index (χ3v) is 2.92. The number of hydrogen-bond acceptors (Lipinski definition) is 2. The van der Waals surface area contributed by atoms with Gasteiger partial charge in [0.05, 0.1) is 11.4 Å². The van der Waals surface area contributed by atoms with E-state index in [4.69, 9.17) is 0 Å². The second-order valence-corrected chi connectivity index (χ2v) is 4.38. The quantitative estimate of drug-likeness (QED) is 0.765. The van der Waals surface area contributed by atoms with E-state index in [0.717, 1.165) is 18.5 Å². The number of fused-ring (bicyclic) bond motifs is 1. The zero-order chi connectivity index (χ0) is 11.8. The lowest BCUT2D eigenvalue weighted by Crippen LogP contribution is -2.47. The van der Waals surface area contributed by atoms with Gasteiger partial charge in [-0.05, 0) is 25.0 Å². The van der Waals surface area contributed by atoms with Gasteiger partial charge >= 0.3 is 6.03 Å². The van der Waals surface area contributed by atoms with E-state index in [1.165, 1.54) is 4.90 Å². The fourth-order valence-corrected chi connectivity index (χ4v) is 1.89. The van der Waals surface area contributed by atoms with Crippen LogP contribution < -0.4 is 15.5 Å². The van der Waals surface area contributed by atoms with Crippen LogP contribution in [0.4, 0.5) is 16.2 Å². The highest BCUT2D eigenvalue weighted by molar-refractivity contribution is 6.09. The average Bonchev–Trinajstić information content (AvgIpc) is 3.11. The number of nitrogens with zero attached hydrogens (tertiary/aromatic N) is 1. The van der Waals surface area contributed by atoms with Gasteiger partial charge in [0.25, 0.3) is 0 Å². The van der Waals surface area contributed by atoms with Crippen molar-refractivity contribution in [1.29, 1.82) is 0 Å². The van der Waals surface area contributed by atoms with Crippen LogP contribution in [0.1, 0.15) is 12.8 Å². The summed E-state index contributed by atoms with van der Waals surface area (Å²) < 4.78 is 0. The Hall–Kier alpha value is -2.04. The molecule has 2 aliphatic rings. The van der Waals surface area contributed by atoms with E-state index in [1.54, 1.807) is 6.07 Å². The second kappa shape index (κ2) is 3.76. The fraction of sp³-hybridized carbons (Fsp3) is 0.333. The number of para-hydroxylation sites is 2. The molecule has 17 heavy (non-hydrogen) atoms. The highest BCUT2D eigenvalue weighted by Crippen LogP contribution is 2.29. The van der Waals surface area contributed by atoms with Gasteiger partial charge in [0.15, 0.2) is 0 Å². The molecule has 3 amide bonds. The zero-order valence-corrected chi connectivity index (χ0v) is 9.27. The molecule has 1 aliphatic heterocycles. The molecule has 0 saturated heterocycles. The van der Waals surface area contributed by atoms with Crippen molar-refractivity contribution in [3.63, 3.8) is 0 Å². The van der Waals surface area contributed by atoms with Gasteiger partial charge in [-0.1, -0.05) is 12.1 Å². The molecule has 0 bridgehead atoms. The van der Waals surface area contributed by atoms with Crippen LogP contribution in [0.15, 0.2) is 24.3 Å². The molecule has 0 atom stereocenters. The first kappa shape index (κ1) is 10.1. The van der Waals surface area contributed by atoms with Crippen molar-refractivity contribution in [3.05, 3.63) is 24.3 Å². The minimum atomic E-state index is -0.185. The summed E-state index contributed by atoms with van der Waals surface area (Å²) in [6, 6.07) is 7.43. The largest absolute Gasteiger partial charge is 0.335 e. The summed E-state index contributed by atoms with van der Waals surface area (Å²) >= 11 is 0. The molecule has 1 aromatic carbocycles. The number of benzene rings is 1. The van der Waals surface area contributed by atoms with E-state index in [9.17, 15) is 9.59 Å². The van der Waals surface area contributed by atoms with Gasteiger partial charge in [0.1, 0.15) is 6.54 Å². The van der Waals surface area contributed by atoms with Gasteiger partial charge in [-0.15, -0.1) is 0 Å². The third-order valence-electron chi connectivity index (χ3n) is 2.92. The first-order chi connectivity index (χ1) is 8.24. The van der Waals surface area contributed by atoms with E-state index in [0.29, 0.717) is 11.7 Å². The van der Waals surface area contributed by atoms with Crippen molar-refractivity contribution in [2.45, 2.75) is 18.9 Å². The fourth-order valence-electron chi connectivity index (χ4n) is 1.89. The van der Waals surface area contributed by atoms with Crippen LogP contribution in [0.25, 0.3) is 0 Å². The maximum absolute atomic E-state index is 12.0. The van der Waals surface area contributed by atoms with Gasteiger partial charge in [0.2, 0.25) is 5.91 Å². The van der Waals surface area contributed by atoms with Crippen LogP contribution >= 0.6 is 0 Å². The molecular formula is C12H13N3O2. The second-order valence-electron chi connectivity index (χ2n) is 4.38. The molecule has 0 spiro atoms. The lowest BCUT2D eigenvalue weighted by molar-refractivity contribution is -0.115. The zero-order valence-electron chi connectivity index (χ0n) is 9.27. The molecule has 1 aliphatic carbocycles. The molecule has 2 N–H and O–H groups in total. The Balaban J connectivity index is 1.88. The standard InChI is InChI=1S/C12H13N3O2/c16-11-7-15(12(17)13-8-5-6-8)10-4-2-1-3-9(10)14-11/h1-4,8H,5-7H2,(H,13,17)(H,14,16). The first-order valence-electron chi connectivity index (χ1n) is 5.71. The Morgan fingerprint density at radius 3 is 2.88 bits per heavy atom. The molecule has 5 heteroatoms. The summed E-state index contributed by atoms with van der Waals surface area (Å²) in [6.07, 6.45) is 2.07. The summed E-state index contributed by atoms with van der Waals surface area (Å²) in [5, 5.41) is 5.65. The van der Waals surface area contributed by atoms with Gasteiger partial charge in [-0.25, -0.2) is 4.79 Å². The van der Waals surface area contributed by atoms with Crippen LogP contribution in [-0.2, 0) is 4.79 Å². The molecule has 1 fully saturated rings. The van der Waals surface area contributed by atoms with Crippen LogP contribution in [0.5, 0.6) is 0 Å². The van der Waals surface area contributed by atoms with Crippen molar-refractivity contribution in [2.24, 2.45) is 0 Å². The number of amides is 3. The molecular weight excluding hydrogens is 218 g/mol. The lowest BCUT2D eigenvalue weighted by Gasteiger charge is -2.29. The van der Waals surface area contributed by atoms with Crippen LogP contribution in [0.3, 0.4) is 0 Å². The maximum atomic E-state index is 12.0. The van der Waals surface area contributed by atoms with Crippen LogP contribution in [0, 0.1) is 0 Å². The summed E-state index contributed by atoms with van der Waals surface area (Å²) in [5.74, 6) is -0.158. The van der Waals surface area contributed by atoms with Crippen molar-refractivity contribution in [3.8, 4) is 0 Å². The average molecular weight is 231 g/mol. The molecule has 1 saturated carbocycles. The smallest absolute Gasteiger partial charge is 0.322 e. The van der Waals surface area contributed by atoms with Gasteiger partial charge in [-0.3, -0.25) is 9.69 Å². The predicted molar refractivity (Wildman–Crippen MR) is 64.0 cm³/mol. The van der Waals surface area contributed by atoms with E-state index in [1.807, 2.05) is 18.2 Å². The minimum absolute atomic E-state index is 0.0789. The summed E-state index contributed by atoms with van der Waals surface area (Å²) in [4.78, 5) is 25.0. The topological polar surface area (TPSA) is 61.4 Å². The summed E-state index contributed by atoms with van der Waals surface area (Å²) in [6.45, 7) is 0.0789. The maximum Gasteiger partial charge on any atom is 0.322 e. The number of rotatable bonds is 1. The number of nitrogens with one attached hydrogen (secondary N) is 2. The minimum Gasteiger partial charge on any atom is -0.335 e. The Bertz CT molecular complexity index is 482. The molecule has 1 aromatic rings. The molecule has 88 valence electrons. The highest BCUT2D eigenvalue weighted by atomic mass is 16.2. The predicted octanol–water partition coefficient (Wildman–Crippen LogP) is 1.32. The Morgan fingerprint density at radius 1 is 1.35 bits per heavy atom. The first-order valence-corrected chi connectivity index (χ1v) is 5.71. The number of hydrogen-bond donors (Lipinski definition) is 2. The molecule has 0 aromatic heterocycles. The lowest BCUT2D eigenvalue weighted by atomic mass is 10.2. The van der Waals surface area contributed by atoms with Gasteiger partial charge in [0, 0.05) is 6.04 Å². The van der Waals surface area contributed by atoms with E-state index in [-0.39, 0.29) is 18.5 Å². The van der Waals surface area contributed by atoms with Crippen LogP contribution in [0.2, 0.25) is 0 Å².